The molecule has 1 saturated heterocycles. The van der Waals surface area contributed by atoms with Gasteiger partial charge in [0.05, 0.1) is 11.8 Å². The van der Waals surface area contributed by atoms with Crippen LogP contribution in [0.25, 0.3) is 0 Å². The van der Waals surface area contributed by atoms with Gasteiger partial charge in [0.2, 0.25) is 5.91 Å². The summed E-state index contributed by atoms with van der Waals surface area (Å²) in [6.45, 7) is 3.15. The lowest BCUT2D eigenvalue weighted by atomic mass is 9.89. The van der Waals surface area contributed by atoms with Crippen molar-refractivity contribution in [2.45, 2.75) is 40.0 Å². The molecule has 4 nitrogen and oxygen atoms in total. The van der Waals surface area contributed by atoms with Crippen LogP contribution in [0.4, 0.5) is 0 Å². The van der Waals surface area contributed by atoms with Crippen LogP contribution in [0.15, 0.2) is 30.3 Å². The zero-order valence-corrected chi connectivity index (χ0v) is 12.5. The van der Waals surface area contributed by atoms with Crippen molar-refractivity contribution in [2.75, 3.05) is 13.1 Å². The van der Waals surface area contributed by atoms with Gasteiger partial charge in [0.1, 0.15) is 0 Å². The Kier molecular flexibility index (Phi) is 7.09. The van der Waals surface area contributed by atoms with Gasteiger partial charge in [-0.2, -0.15) is 0 Å². The topological polar surface area (TPSA) is 57.6 Å². The number of carboxylic acids is 1. The molecule has 122 valence electrons. The Morgan fingerprint density at radius 3 is 2.55 bits per heavy atom. The van der Waals surface area contributed by atoms with Crippen molar-refractivity contribution in [3.63, 3.8) is 0 Å². The maximum absolute atomic E-state index is 12.5. The fraction of sp³-hybridized carbons (Fsp3) is 0.556. The number of likely N-dealkylation sites (tertiary alicyclic amines) is 1. The summed E-state index contributed by atoms with van der Waals surface area (Å²) in [5.41, 5.74) is 1.03. The van der Waals surface area contributed by atoms with E-state index in [1.54, 1.807) is 4.90 Å². The SMILES string of the molecule is C.CCCCCN1CC(C(=O)O)C(Cc2ccccc2)C1=O. The van der Waals surface area contributed by atoms with E-state index in [2.05, 4.69) is 6.92 Å². The van der Waals surface area contributed by atoms with Gasteiger partial charge in [0.25, 0.3) is 0 Å². The van der Waals surface area contributed by atoms with Gasteiger partial charge in [-0.1, -0.05) is 57.5 Å². The molecule has 0 spiro atoms. The lowest BCUT2D eigenvalue weighted by Crippen LogP contribution is -2.29. The number of nitrogens with zero attached hydrogens (tertiary/aromatic N) is 1. The van der Waals surface area contributed by atoms with Crippen molar-refractivity contribution < 1.29 is 14.7 Å². The van der Waals surface area contributed by atoms with E-state index in [9.17, 15) is 14.7 Å². The summed E-state index contributed by atoms with van der Waals surface area (Å²) >= 11 is 0. The molecule has 1 aliphatic heterocycles. The molecule has 0 saturated carbocycles. The minimum absolute atomic E-state index is 0. The zero-order valence-electron chi connectivity index (χ0n) is 12.5. The highest BCUT2D eigenvalue weighted by atomic mass is 16.4. The maximum Gasteiger partial charge on any atom is 0.309 e. The number of rotatable bonds is 7. The molecule has 1 N–H and O–H groups in total. The van der Waals surface area contributed by atoms with Gasteiger partial charge in [-0.15, -0.1) is 0 Å². The van der Waals surface area contributed by atoms with Crippen LogP contribution in [-0.2, 0) is 16.0 Å². The average molecular weight is 305 g/mol. The van der Waals surface area contributed by atoms with Crippen molar-refractivity contribution in [1.29, 1.82) is 0 Å². The maximum atomic E-state index is 12.5. The lowest BCUT2D eigenvalue weighted by Gasteiger charge is -2.16. The molecule has 1 aromatic carbocycles. The number of hydrogen-bond donors (Lipinski definition) is 1. The van der Waals surface area contributed by atoms with E-state index in [-0.39, 0.29) is 13.3 Å². The number of hydrogen-bond acceptors (Lipinski definition) is 2. The van der Waals surface area contributed by atoms with E-state index in [4.69, 9.17) is 0 Å². The first kappa shape index (κ1) is 18.2. The van der Waals surface area contributed by atoms with E-state index in [0.29, 0.717) is 19.5 Å². The molecule has 1 amide bonds. The highest BCUT2D eigenvalue weighted by Crippen LogP contribution is 2.28. The summed E-state index contributed by atoms with van der Waals surface area (Å²) in [7, 11) is 0. The van der Waals surface area contributed by atoms with Crippen molar-refractivity contribution in [3.8, 4) is 0 Å². The summed E-state index contributed by atoms with van der Waals surface area (Å²) in [6.07, 6.45) is 3.64. The smallest absolute Gasteiger partial charge is 0.309 e. The van der Waals surface area contributed by atoms with Crippen molar-refractivity contribution >= 4 is 11.9 Å². The first-order chi connectivity index (χ1) is 10.1. The van der Waals surface area contributed by atoms with Crippen molar-refractivity contribution in [2.24, 2.45) is 11.8 Å². The Balaban J connectivity index is 0.00000242. The number of carbonyl (C=O) groups excluding carboxylic acids is 1. The molecule has 1 fully saturated rings. The predicted octanol–water partition coefficient (Wildman–Crippen LogP) is 3.21. The van der Waals surface area contributed by atoms with Gasteiger partial charge in [-0.25, -0.2) is 0 Å². The summed E-state index contributed by atoms with van der Waals surface area (Å²) in [6, 6.07) is 9.66. The molecule has 0 radical (unpaired) electrons. The summed E-state index contributed by atoms with van der Waals surface area (Å²) in [4.78, 5) is 25.7. The third-order valence-electron chi connectivity index (χ3n) is 4.18. The molecule has 1 aliphatic rings. The third kappa shape index (κ3) is 4.33. The Hall–Kier alpha value is -1.84. The molecule has 2 unspecified atom stereocenters. The third-order valence-corrected chi connectivity index (χ3v) is 4.18. The normalized spacial score (nSPS) is 20.8. The molecule has 0 aromatic heterocycles. The minimum Gasteiger partial charge on any atom is -0.481 e. The standard InChI is InChI=1S/C17H23NO3.CH4/c1-2-3-7-10-18-12-15(17(20)21)14(16(18)19)11-13-8-5-4-6-9-13;/h4-6,8-9,14-15H,2-3,7,10-12H2,1H3,(H,20,21);1H4. The number of aliphatic carboxylic acids is 1. The lowest BCUT2D eigenvalue weighted by molar-refractivity contribution is -0.144. The van der Waals surface area contributed by atoms with Gasteiger partial charge < -0.3 is 10.0 Å². The molecular formula is C18H27NO3. The average Bonchev–Trinajstić information content (AvgIpc) is 2.78. The van der Waals surface area contributed by atoms with Crippen LogP contribution in [-0.4, -0.2) is 35.0 Å². The van der Waals surface area contributed by atoms with Crippen LogP contribution >= 0.6 is 0 Å². The number of unbranched alkanes of at least 4 members (excludes halogenated alkanes) is 2. The quantitative estimate of drug-likeness (QED) is 0.787. The molecule has 22 heavy (non-hydrogen) atoms. The highest BCUT2D eigenvalue weighted by molar-refractivity contribution is 5.88. The Morgan fingerprint density at radius 2 is 1.95 bits per heavy atom. The van der Waals surface area contributed by atoms with Crippen LogP contribution in [0.2, 0.25) is 0 Å². The summed E-state index contributed by atoms with van der Waals surface area (Å²) in [5.74, 6) is -1.87. The van der Waals surface area contributed by atoms with Crippen molar-refractivity contribution in [3.05, 3.63) is 35.9 Å². The Morgan fingerprint density at radius 1 is 1.27 bits per heavy atom. The molecule has 2 atom stereocenters. The second-order valence-corrected chi connectivity index (χ2v) is 5.73. The molecule has 2 rings (SSSR count). The molecule has 0 bridgehead atoms. The monoisotopic (exact) mass is 305 g/mol. The van der Waals surface area contributed by atoms with Crippen LogP contribution in [0, 0.1) is 11.8 Å². The largest absolute Gasteiger partial charge is 0.481 e. The number of amides is 1. The van der Waals surface area contributed by atoms with Crippen LogP contribution in [0.5, 0.6) is 0 Å². The summed E-state index contributed by atoms with van der Waals surface area (Å²) < 4.78 is 0. The predicted molar refractivity (Wildman–Crippen MR) is 87.6 cm³/mol. The Bertz CT molecular complexity index is 486. The van der Waals surface area contributed by atoms with Crippen LogP contribution in [0.3, 0.4) is 0 Å². The van der Waals surface area contributed by atoms with Gasteiger partial charge in [0.15, 0.2) is 0 Å². The van der Waals surface area contributed by atoms with E-state index < -0.39 is 17.8 Å². The first-order valence-electron chi connectivity index (χ1n) is 7.69. The number of benzene rings is 1. The zero-order chi connectivity index (χ0) is 15.2. The second kappa shape index (κ2) is 8.57. The van der Waals surface area contributed by atoms with Gasteiger partial charge in [-0.3, -0.25) is 9.59 Å². The number of carbonyl (C=O) groups is 2. The second-order valence-electron chi connectivity index (χ2n) is 5.73. The van der Waals surface area contributed by atoms with Gasteiger partial charge in [0, 0.05) is 13.1 Å². The number of carboxylic acid groups (broad SMARTS) is 1. The van der Waals surface area contributed by atoms with Crippen LogP contribution in [0.1, 0.15) is 39.2 Å². The fourth-order valence-electron chi connectivity index (χ4n) is 2.96. The molecule has 1 aromatic rings. The van der Waals surface area contributed by atoms with Crippen LogP contribution < -0.4 is 0 Å². The highest BCUT2D eigenvalue weighted by Gasteiger charge is 2.43. The summed E-state index contributed by atoms with van der Waals surface area (Å²) in [5, 5.41) is 9.39. The van der Waals surface area contributed by atoms with Gasteiger partial charge in [-0.05, 0) is 18.4 Å². The Labute approximate surface area is 133 Å². The fourth-order valence-corrected chi connectivity index (χ4v) is 2.96. The van der Waals surface area contributed by atoms with Gasteiger partial charge >= 0.3 is 5.97 Å². The van der Waals surface area contributed by atoms with E-state index in [1.165, 1.54) is 0 Å². The molecular weight excluding hydrogens is 278 g/mol. The van der Waals surface area contributed by atoms with Crippen molar-refractivity contribution in [1.82, 2.24) is 4.90 Å². The molecule has 1 heterocycles. The molecule has 0 aliphatic carbocycles. The minimum atomic E-state index is -0.859. The van der Waals surface area contributed by atoms with E-state index >= 15 is 0 Å². The first-order valence-corrected chi connectivity index (χ1v) is 7.69. The van der Waals surface area contributed by atoms with E-state index in [1.807, 2.05) is 30.3 Å². The van der Waals surface area contributed by atoms with E-state index in [0.717, 1.165) is 24.8 Å². The molecule has 4 heteroatoms.